The van der Waals surface area contributed by atoms with E-state index in [1.807, 2.05) is 36.4 Å². The van der Waals surface area contributed by atoms with Gasteiger partial charge in [-0.3, -0.25) is 4.79 Å². The molecule has 8 heteroatoms. The van der Waals surface area contributed by atoms with Gasteiger partial charge >= 0.3 is 0 Å². The number of hydrogen-bond donors (Lipinski definition) is 1. The number of para-hydroxylation sites is 1. The molecule has 0 saturated heterocycles. The summed E-state index contributed by atoms with van der Waals surface area (Å²) in [5, 5.41) is 15.0. The first kappa shape index (κ1) is 21.6. The van der Waals surface area contributed by atoms with Crippen LogP contribution in [0.3, 0.4) is 0 Å². The molecule has 5 nitrogen and oxygen atoms in total. The van der Waals surface area contributed by atoms with Crippen LogP contribution in [-0.4, -0.2) is 26.4 Å². The van der Waals surface area contributed by atoms with E-state index >= 15 is 0 Å². The fourth-order valence-electron chi connectivity index (χ4n) is 3.11. The molecule has 0 aliphatic carbocycles. The molecule has 1 amide bonds. The van der Waals surface area contributed by atoms with Gasteiger partial charge in [0.25, 0.3) is 0 Å². The summed E-state index contributed by atoms with van der Waals surface area (Å²) in [7, 11) is 0. The average molecular weight is 469 g/mol. The summed E-state index contributed by atoms with van der Waals surface area (Å²) < 4.78 is 2.13. The Balaban J connectivity index is 1.46. The molecule has 0 spiro atoms. The number of nitrogens with one attached hydrogen (secondary N) is 1. The summed E-state index contributed by atoms with van der Waals surface area (Å²) in [4.78, 5) is 13.7. The van der Waals surface area contributed by atoms with E-state index in [-0.39, 0.29) is 11.7 Å². The smallest absolute Gasteiger partial charge is 0.234 e. The number of anilines is 1. The van der Waals surface area contributed by atoms with E-state index in [0.29, 0.717) is 10.7 Å². The number of amides is 1. The number of nitrogens with zero attached hydrogens (tertiary/aromatic N) is 3. The molecule has 0 fully saturated rings. The molecule has 4 aromatic rings. The van der Waals surface area contributed by atoms with Gasteiger partial charge in [-0.1, -0.05) is 71.9 Å². The van der Waals surface area contributed by atoms with Crippen molar-refractivity contribution in [1.29, 1.82) is 0 Å². The van der Waals surface area contributed by atoms with Crippen LogP contribution in [0.2, 0.25) is 5.02 Å². The molecule has 158 valence electrons. The number of carbonyl (C=O) groups excluding carboxylic acids is 1. The first-order chi connectivity index (χ1) is 15.2. The van der Waals surface area contributed by atoms with E-state index in [1.54, 1.807) is 23.5 Å². The number of halogens is 1. The topological polar surface area (TPSA) is 59.8 Å². The molecular formula is C23H21ClN4OS2. The minimum atomic E-state index is -0.129. The third-order valence-corrected chi connectivity index (χ3v) is 6.83. The fraction of sp³-hybridized carbons (Fsp3) is 0.174. The van der Waals surface area contributed by atoms with Gasteiger partial charge in [-0.2, -0.15) is 0 Å². The minimum Gasteiger partial charge on any atom is -0.324 e. The number of aryl methyl sites for hydroxylation is 1. The highest BCUT2D eigenvalue weighted by molar-refractivity contribution is 7.99. The number of carbonyl (C=O) groups is 1. The Kier molecular flexibility index (Phi) is 7.40. The Hall–Kier alpha value is -2.61. The molecule has 2 aromatic carbocycles. The molecule has 4 rings (SSSR count). The second-order valence-corrected chi connectivity index (χ2v) is 9.24. The highest BCUT2D eigenvalue weighted by atomic mass is 35.5. The number of rotatable bonds is 9. The van der Waals surface area contributed by atoms with Crippen LogP contribution in [-0.2, 0) is 24.2 Å². The van der Waals surface area contributed by atoms with E-state index in [0.717, 1.165) is 30.4 Å². The van der Waals surface area contributed by atoms with Crippen molar-refractivity contribution < 1.29 is 4.79 Å². The van der Waals surface area contributed by atoms with E-state index < -0.39 is 0 Å². The number of benzene rings is 2. The van der Waals surface area contributed by atoms with Crippen molar-refractivity contribution in [3.63, 3.8) is 0 Å². The van der Waals surface area contributed by atoms with Gasteiger partial charge in [-0.15, -0.1) is 21.5 Å². The summed E-state index contributed by atoms with van der Waals surface area (Å²) >= 11 is 9.23. The molecule has 0 atom stereocenters. The van der Waals surface area contributed by atoms with Crippen molar-refractivity contribution in [3.05, 3.63) is 93.4 Å². The Morgan fingerprint density at radius 3 is 2.61 bits per heavy atom. The van der Waals surface area contributed by atoms with Gasteiger partial charge in [0.2, 0.25) is 5.91 Å². The van der Waals surface area contributed by atoms with Gasteiger partial charge in [0.15, 0.2) is 5.16 Å². The maximum atomic E-state index is 12.4. The Bertz CT molecular complexity index is 1130. The number of thioether (sulfide) groups is 1. The lowest BCUT2D eigenvalue weighted by molar-refractivity contribution is -0.113. The van der Waals surface area contributed by atoms with E-state index in [2.05, 4.69) is 43.7 Å². The summed E-state index contributed by atoms with van der Waals surface area (Å²) in [6, 6.07) is 21.7. The molecule has 0 saturated carbocycles. The van der Waals surface area contributed by atoms with E-state index in [4.69, 9.17) is 11.6 Å². The molecular weight excluding hydrogens is 448 g/mol. The van der Waals surface area contributed by atoms with Crippen LogP contribution in [0.25, 0.3) is 0 Å². The van der Waals surface area contributed by atoms with Gasteiger partial charge in [0, 0.05) is 17.8 Å². The number of thiophene rings is 1. The highest BCUT2D eigenvalue weighted by Crippen LogP contribution is 2.23. The first-order valence-corrected chi connectivity index (χ1v) is 12.1. The van der Waals surface area contributed by atoms with Gasteiger partial charge in [-0.05, 0) is 35.6 Å². The van der Waals surface area contributed by atoms with Crippen LogP contribution in [0.15, 0.2) is 77.3 Å². The van der Waals surface area contributed by atoms with Crippen molar-refractivity contribution in [2.24, 2.45) is 0 Å². The maximum Gasteiger partial charge on any atom is 0.234 e. The highest BCUT2D eigenvalue weighted by Gasteiger charge is 2.16. The molecule has 0 aliphatic heterocycles. The standard InChI is InChI=1S/C23H21ClN4OS2/c24-19-10-4-5-11-20(19)25-22(29)16-31-23-27-26-21(15-18-9-6-14-30-18)28(23)13-12-17-7-2-1-3-8-17/h1-11,14H,12-13,15-16H2,(H,25,29). The summed E-state index contributed by atoms with van der Waals surface area (Å²) in [6.45, 7) is 0.756. The molecule has 0 bridgehead atoms. The Morgan fingerprint density at radius 1 is 1.03 bits per heavy atom. The monoisotopic (exact) mass is 468 g/mol. The van der Waals surface area contributed by atoms with Gasteiger partial charge in [0.05, 0.1) is 16.5 Å². The molecule has 0 radical (unpaired) electrons. The number of hydrogen-bond acceptors (Lipinski definition) is 5. The zero-order valence-corrected chi connectivity index (χ0v) is 19.1. The maximum absolute atomic E-state index is 12.4. The van der Waals surface area contributed by atoms with Crippen LogP contribution in [0.1, 0.15) is 16.3 Å². The van der Waals surface area contributed by atoms with Gasteiger partial charge < -0.3 is 9.88 Å². The van der Waals surface area contributed by atoms with Crippen molar-refractivity contribution in [2.75, 3.05) is 11.1 Å². The predicted molar refractivity (Wildman–Crippen MR) is 128 cm³/mol. The van der Waals surface area contributed by atoms with Crippen LogP contribution < -0.4 is 5.32 Å². The molecule has 1 N–H and O–H groups in total. The van der Waals surface area contributed by atoms with Crippen LogP contribution in [0.5, 0.6) is 0 Å². The van der Waals surface area contributed by atoms with Crippen LogP contribution in [0, 0.1) is 0 Å². The summed E-state index contributed by atoms with van der Waals surface area (Å²) in [5.74, 6) is 1.01. The molecule has 31 heavy (non-hydrogen) atoms. The lowest BCUT2D eigenvalue weighted by Crippen LogP contribution is -2.15. The van der Waals surface area contributed by atoms with Crippen molar-refractivity contribution in [1.82, 2.24) is 14.8 Å². The second kappa shape index (κ2) is 10.6. The van der Waals surface area contributed by atoms with Crippen molar-refractivity contribution in [3.8, 4) is 0 Å². The largest absolute Gasteiger partial charge is 0.324 e. The molecule has 0 unspecified atom stereocenters. The van der Waals surface area contributed by atoms with Gasteiger partial charge in [0.1, 0.15) is 5.82 Å². The lowest BCUT2D eigenvalue weighted by atomic mass is 10.1. The molecule has 2 heterocycles. The zero-order chi connectivity index (χ0) is 21.5. The Labute approximate surface area is 194 Å². The average Bonchev–Trinajstić information content (AvgIpc) is 3.43. The van der Waals surface area contributed by atoms with Crippen LogP contribution in [0.4, 0.5) is 5.69 Å². The summed E-state index contributed by atoms with van der Waals surface area (Å²) in [5.41, 5.74) is 1.87. The quantitative estimate of drug-likeness (QED) is 0.327. The third kappa shape index (κ3) is 5.97. The summed E-state index contributed by atoms with van der Waals surface area (Å²) in [6.07, 6.45) is 1.60. The molecule has 0 aliphatic rings. The first-order valence-electron chi connectivity index (χ1n) is 9.84. The van der Waals surface area contributed by atoms with Crippen molar-refractivity contribution >= 4 is 46.3 Å². The molecule has 2 aromatic heterocycles. The minimum absolute atomic E-state index is 0.129. The van der Waals surface area contributed by atoms with E-state index in [9.17, 15) is 4.79 Å². The van der Waals surface area contributed by atoms with Crippen molar-refractivity contribution in [2.45, 2.75) is 24.5 Å². The zero-order valence-electron chi connectivity index (χ0n) is 16.7. The van der Waals surface area contributed by atoms with Crippen LogP contribution >= 0.6 is 34.7 Å². The lowest BCUT2D eigenvalue weighted by Gasteiger charge is -2.10. The van der Waals surface area contributed by atoms with Gasteiger partial charge in [-0.25, -0.2) is 0 Å². The fourth-order valence-corrected chi connectivity index (χ4v) is 4.78. The number of aromatic nitrogens is 3. The Morgan fingerprint density at radius 2 is 1.84 bits per heavy atom. The second-order valence-electron chi connectivity index (χ2n) is 6.86. The predicted octanol–water partition coefficient (Wildman–Crippen LogP) is 5.56. The SMILES string of the molecule is O=C(CSc1nnc(Cc2cccs2)n1CCc1ccccc1)Nc1ccccc1Cl. The van der Waals surface area contributed by atoms with E-state index in [1.165, 1.54) is 22.2 Å². The normalized spacial score (nSPS) is 10.9. The third-order valence-electron chi connectivity index (χ3n) is 4.65.